The van der Waals surface area contributed by atoms with E-state index < -0.39 is 0 Å². The van der Waals surface area contributed by atoms with Gasteiger partial charge in [0.15, 0.2) is 5.96 Å². The van der Waals surface area contributed by atoms with E-state index in [9.17, 15) is 0 Å². The Morgan fingerprint density at radius 1 is 1.71 bits per heavy atom. The van der Waals surface area contributed by atoms with Crippen LogP contribution in [0.3, 0.4) is 0 Å². The predicted octanol–water partition coefficient (Wildman–Crippen LogP) is -0.586. The summed E-state index contributed by atoms with van der Waals surface area (Å²) in [4.78, 5) is 8.16. The molecule has 0 radical (unpaired) electrons. The third-order valence-corrected chi connectivity index (χ3v) is 2.03. The molecule has 1 heterocycles. The molecule has 6 nitrogen and oxygen atoms in total. The van der Waals surface area contributed by atoms with Crippen molar-refractivity contribution < 1.29 is 0 Å². The third kappa shape index (κ3) is 2.72. The van der Waals surface area contributed by atoms with E-state index in [0.29, 0.717) is 18.5 Å². The van der Waals surface area contributed by atoms with E-state index >= 15 is 0 Å². The first-order valence-corrected chi connectivity index (χ1v) is 4.75. The average molecular weight is 194 g/mol. The second kappa shape index (κ2) is 4.08. The van der Waals surface area contributed by atoms with Gasteiger partial charge in [-0.2, -0.15) is 5.10 Å². The minimum atomic E-state index is 0.534. The number of H-pyrrole nitrogens is 1. The lowest BCUT2D eigenvalue weighted by atomic mass is 10.4. The van der Waals surface area contributed by atoms with E-state index in [1.165, 1.54) is 19.2 Å². The first kappa shape index (κ1) is 8.98. The molecule has 0 atom stereocenters. The molecule has 2 rings (SSSR count). The van der Waals surface area contributed by atoms with Gasteiger partial charge in [0.2, 0.25) is 0 Å². The molecule has 0 spiro atoms. The van der Waals surface area contributed by atoms with Gasteiger partial charge in [-0.15, -0.1) is 0 Å². The summed E-state index contributed by atoms with van der Waals surface area (Å²) in [6.45, 7) is 0.640. The average Bonchev–Trinajstić information content (AvgIpc) is 2.82. The van der Waals surface area contributed by atoms with Crippen molar-refractivity contribution in [1.82, 2.24) is 20.5 Å². The van der Waals surface area contributed by atoms with Crippen LogP contribution in [0, 0.1) is 0 Å². The topological polar surface area (TPSA) is 92.0 Å². The molecule has 1 aliphatic rings. The summed E-state index contributed by atoms with van der Waals surface area (Å²) in [5.41, 5.74) is 5.65. The van der Waals surface area contributed by atoms with Gasteiger partial charge in [-0.3, -0.25) is 10.1 Å². The predicted molar refractivity (Wildman–Crippen MR) is 52.7 cm³/mol. The second-order valence-corrected chi connectivity index (χ2v) is 3.37. The van der Waals surface area contributed by atoms with Crippen LogP contribution in [0.1, 0.15) is 18.7 Å². The van der Waals surface area contributed by atoms with E-state index in [2.05, 4.69) is 25.5 Å². The number of hydrogen-bond donors (Lipinski definition) is 3. The number of aromatic nitrogens is 3. The smallest absolute Gasteiger partial charge is 0.188 e. The summed E-state index contributed by atoms with van der Waals surface area (Å²) >= 11 is 0. The Morgan fingerprint density at radius 3 is 3.21 bits per heavy atom. The summed E-state index contributed by atoms with van der Waals surface area (Å²) in [5.74, 6) is 1.37. The maximum absolute atomic E-state index is 5.65. The summed E-state index contributed by atoms with van der Waals surface area (Å²) in [7, 11) is 0. The lowest BCUT2D eigenvalue weighted by Crippen LogP contribution is -2.33. The van der Waals surface area contributed by atoms with Crippen molar-refractivity contribution in [2.45, 2.75) is 25.3 Å². The van der Waals surface area contributed by atoms with Crippen LogP contribution in [0.25, 0.3) is 0 Å². The fourth-order valence-electron chi connectivity index (χ4n) is 1.12. The van der Waals surface area contributed by atoms with Crippen LogP contribution in [0.5, 0.6) is 0 Å². The molecule has 0 amide bonds. The zero-order valence-electron chi connectivity index (χ0n) is 7.90. The minimum Gasteiger partial charge on any atom is -0.370 e. The van der Waals surface area contributed by atoms with Crippen LogP contribution in [-0.2, 0) is 6.42 Å². The summed E-state index contributed by atoms with van der Waals surface area (Å²) in [6.07, 6.45) is 4.65. The summed E-state index contributed by atoms with van der Waals surface area (Å²) < 4.78 is 0. The van der Waals surface area contributed by atoms with Crippen LogP contribution < -0.4 is 11.1 Å². The van der Waals surface area contributed by atoms with E-state index in [0.717, 1.165) is 12.2 Å². The SMILES string of the molecule is NC(=NCCc1ncn[nH]1)NC1CC1. The lowest BCUT2D eigenvalue weighted by molar-refractivity contribution is 0.843. The van der Waals surface area contributed by atoms with Crippen LogP contribution in [-0.4, -0.2) is 33.7 Å². The first-order valence-electron chi connectivity index (χ1n) is 4.75. The maximum Gasteiger partial charge on any atom is 0.188 e. The number of guanidine groups is 1. The van der Waals surface area contributed by atoms with Gasteiger partial charge in [0.05, 0.1) is 0 Å². The molecule has 0 saturated heterocycles. The fourth-order valence-corrected chi connectivity index (χ4v) is 1.12. The monoisotopic (exact) mass is 194 g/mol. The Morgan fingerprint density at radius 2 is 2.57 bits per heavy atom. The van der Waals surface area contributed by atoms with Crippen LogP contribution in [0.4, 0.5) is 0 Å². The highest BCUT2D eigenvalue weighted by molar-refractivity contribution is 5.78. The van der Waals surface area contributed by atoms with Crippen molar-refractivity contribution in [2.75, 3.05) is 6.54 Å². The van der Waals surface area contributed by atoms with Crippen LogP contribution >= 0.6 is 0 Å². The zero-order chi connectivity index (χ0) is 9.80. The quantitative estimate of drug-likeness (QED) is 0.441. The molecule has 0 unspecified atom stereocenters. The molecule has 1 aliphatic carbocycles. The van der Waals surface area contributed by atoms with Crippen LogP contribution in [0.15, 0.2) is 11.3 Å². The number of aromatic amines is 1. The van der Waals surface area contributed by atoms with Crippen molar-refractivity contribution >= 4 is 5.96 Å². The number of nitrogens with two attached hydrogens (primary N) is 1. The minimum absolute atomic E-state index is 0.534. The molecule has 0 aromatic carbocycles. The Kier molecular flexibility index (Phi) is 2.62. The number of nitrogens with zero attached hydrogens (tertiary/aromatic N) is 3. The molecule has 1 aromatic rings. The molecule has 76 valence electrons. The number of nitrogens with one attached hydrogen (secondary N) is 2. The molecule has 0 bridgehead atoms. The van der Waals surface area contributed by atoms with Gasteiger partial charge in [0.1, 0.15) is 12.2 Å². The van der Waals surface area contributed by atoms with E-state index in [1.54, 1.807) is 0 Å². The van der Waals surface area contributed by atoms with Crippen molar-refractivity contribution in [1.29, 1.82) is 0 Å². The van der Waals surface area contributed by atoms with Gasteiger partial charge in [0, 0.05) is 19.0 Å². The molecule has 14 heavy (non-hydrogen) atoms. The Balaban J connectivity index is 1.69. The molecule has 0 aliphatic heterocycles. The Labute approximate surface area is 82.0 Å². The molecule has 6 heteroatoms. The van der Waals surface area contributed by atoms with Gasteiger partial charge in [0.25, 0.3) is 0 Å². The highest BCUT2D eigenvalue weighted by Crippen LogP contribution is 2.17. The van der Waals surface area contributed by atoms with Gasteiger partial charge in [-0.05, 0) is 12.8 Å². The number of rotatable bonds is 4. The molecule has 1 fully saturated rings. The van der Waals surface area contributed by atoms with E-state index in [4.69, 9.17) is 5.73 Å². The second-order valence-electron chi connectivity index (χ2n) is 3.37. The molecular formula is C8H14N6. The van der Waals surface area contributed by atoms with Gasteiger partial charge < -0.3 is 11.1 Å². The van der Waals surface area contributed by atoms with E-state index in [1.807, 2.05) is 0 Å². The summed E-state index contributed by atoms with van der Waals surface area (Å²) in [6, 6.07) is 0.559. The molecule has 4 N–H and O–H groups in total. The Bertz CT molecular complexity index is 300. The van der Waals surface area contributed by atoms with Crippen molar-refractivity contribution in [2.24, 2.45) is 10.7 Å². The van der Waals surface area contributed by atoms with Crippen molar-refractivity contribution in [3.05, 3.63) is 12.2 Å². The number of hydrogen-bond acceptors (Lipinski definition) is 3. The largest absolute Gasteiger partial charge is 0.370 e. The molecule has 1 aromatic heterocycles. The highest BCUT2D eigenvalue weighted by atomic mass is 15.2. The highest BCUT2D eigenvalue weighted by Gasteiger charge is 2.21. The normalized spacial score (nSPS) is 17.0. The first-order chi connectivity index (χ1) is 6.84. The Hall–Kier alpha value is -1.59. The van der Waals surface area contributed by atoms with Crippen LogP contribution in [0.2, 0.25) is 0 Å². The maximum atomic E-state index is 5.65. The lowest BCUT2D eigenvalue weighted by Gasteiger charge is -2.01. The number of aliphatic imine (C=N–C) groups is 1. The third-order valence-electron chi connectivity index (χ3n) is 2.03. The van der Waals surface area contributed by atoms with Gasteiger partial charge in [-0.25, -0.2) is 4.98 Å². The van der Waals surface area contributed by atoms with E-state index in [-0.39, 0.29) is 0 Å². The molecular weight excluding hydrogens is 180 g/mol. The fraction of sp³-hybridized carbons (Fsp3) is 0.625. The summed E-state index contributed by atoms with van der Waals surface area (Å²) in [5, 5.41) is 9.63. The van der Waals surface area contributed by atoms with Crippen molar-refractivity contribution in [3.63, 3.8) is 0 Å². The zero-order valence-corrected chi connectivity index (χ0v) is 7.90. The van der Waals surface area contributed by atoms with Gasteiger partial charge in [-0.1, -0.05) is 0 Å². The molecule has 1 saturated carbocycles. The van der Waals surface area contributed by atoms with Gasteiger partial charge >= 0.3 is 0 Å². The standard InChI is InChI=1S/C8H14N6/c9-8(13-6-1-2-6)10-4-3-7-11-5-12-14-7/h5-6H,1-4H2,(H3,9,10,13)(H,11,12,14). The van der Waals surface area contributed by atoms with Crippen molar-refractivity contribution in [3.8, 4) is 0 Å².